The van der Waals surface area contributed by atoms with Crippen molar-refractivity contribution in [3.8, 4) is 0 Å². The third kappa shape index (κ3) is 12.2. The Morgan fingerprint density at radius 1 is 0.571 bits per heavy atom. The van der Waals surface area contributed by atoms with Gasteiger partial charge in [-0.1, -0.05) is 184 Å². The van der Waals surface area contributed by atoms with Crippen molar-refractivity contribution in [3.63, 3.8) is 0 Å². The quantitative estimate of drug-likeness (QED) is 0.0780. The van der Waals surface area contributed by atoms with Crippen LogP contribution in [0.15, 0.2) is 218 Å². The van der Waals surface area contributed by atoms with Crippen molar-refractivity contribution >= 4 is 67.2 Å². The Kier molecular flexibility index (Phi) is 15.8. The van der Waals surface area contributed by atoms with E-state index in [0.717, 1.165) is 33.5 Å². The molecule has 63 heavy (non-hydrogen) atoms. The average molecular weight is 829 g/mol. The molecule has 314 valence electrons. The number of esters is 2. The van der Waals surface area contributed by atoms with E-state index >= 15 is 0 Å². The van der Waals surface area contributed by atoms with Crippen molar-refractivity contribution < 1.29 is 23.5 Å². The highest BCUT2D eigenvalue weighted by atomic mass is 16.5. The number of hydrogen-bond donors (Lipinski definition) is 0. The lowest BCUT2D eigenvalue weighted by Crippen LogP contribution is -2.05. The first kappa shape index (κ1) is 44.8. The molecule has 1 aliphatic rings. The molecule has 0 aliphatic heterocycles. The number of allylic oxidation sites excluding steroid dienone is 4. The van der Waals surface area contributed by atoms with Crippen LogP contribution in [0.4, 0.5) is 0 Å². The Balaban J connectivity index is 0.000000143. The highest BCUT2D eigenvalue weighted by Crippen LogP contribution is 2.30. The van der Waals surface area contributed by atoms with E-state index in [1.165, 1.54) is 44.5 Å². The monoisotopic (exact) mass is 828 g/mol. The van der Waals surface area contributed by atoms with Crippen LogP contribution >= 0.6 is 0 Å². The minimum absolute atomic E-state index is 0.165. The number of rotatable bonds is 10. The van der Waals surface area contributed by atoms with Gasteiger partial charge in [-0.25, -0.2) is 9.59 Å². The predicted molar refractivity (Wildman–Crippen MR) is 263 cm³/mol. The summed E-state index contributed by atoms with van der Waals surface area (Å²) in [7, 11) is 0. The summed E-state index contributed by atoms with van der Waals surface area (Å²) in [5.41, 5.74) is 5.65. The van der Waals surface area contributed by atoms with Gasteiger partial charge in [0.05, 0.1) is 6.26 Å². The van der Waals surface area contributed by atoms with Crippen molar-refractivity contribution in [2.75, 3.05) is 0 Å². The van der Waals surface area contributed by atoms with E-state index in [9.17, 15) is 9.59 Å². The molecule has 7 aromatic carbocycles. The van der Waals surface area contributed by atoms with Gasteiger partial charge in [0.2, 0.25) is 0 Å². The van der Waals surface area contributed by atoms with Crippen molar-refractivity contribution in [1.82, 2.24) is 0 Å². The summed E-state index contributed by atoms with van der Waals surface area (Å²) in [6.07, 6.45) is 15.2. The number of fused-ring (bicyclic) bond motifs is 4. The zero-order valence-corrected chi connectivity index (χ0v) is 36.0. The maximum absolute atomic E-state index is 11.7. The van der Waals surface area contributed by atoms with Crippen LogP contribution in [0.5, 0.6) is 0 Å². The number of carbonyl (C=O) groups is 2. The lowest BCUT2D eigenvalue weighted by atomic mass is 9.97. The third-order valence-electron chi connectivity index (χ3n) is 10.4. The standard InChI is InChI=1S/C19H16O2.C16H12.C14H14.C9H10O3/c1-13(2)19(20)21-12-18-16-9-5-3-7-14(16)11-15-8-4-6-10-17(15)18;1-2-14-15-9-5-3-7-12(15)11-13-8-4-6-10-16(13)14;1-2-12-7-9-14(10-8-12)11-13-5-3-4-6-13;1-7(2)9(10)12-6-8-4-3-5-11-8/h3-11H,1,12H2,2H3;2-11H,1H2;2-10,13H,1,11H2;3-5H,1,6H2,2H3. The van der Waals surface area contributed by atoms with E-state index in [1.807, 2.05) is 36.4 Å². The van der Waals surface area contributed by atoms with Gasteiger partial charge in [-0.05, 0) is 110 Å². The van der Waals surface area contributed by atoms with Crippen LogP contribution < -0.4 is 0 Å². The maximum Gasteiger partial charge on any atom is 0.333 e. The molecular weight excluding hydrogens is 777 g/mol. The molecule has 0 atom stereocenters. The molecule has 0 radical (unpaired) electrons. The Morgan fingerprint density at radius 2 is 1.03 bits per heavy atom. The van der Waals surface area contributed by atoms with Crippen molar-refractivity contribution in [2.45, 2.75) is 33.5 Å². The number of hydrogen-bond acceptors (Lipinski definition) is 5. The number of furan rings is 1. The molecule has 0 unspecified atom stereocenters. The van der Waals surface area contributed by atoms with Gasteiger partial charge >= 0.3 is 11.9 Å². The number of benzene rings is 7. The van der Waals surface area contributed by atoms with Gasteiger partial charge in [-0.2, -0.15) is 0 Å². The van der Waals surface area contributed by atoms with Crippen LogP contribution in [0.3, 0.4) is 0 Å². The number of carbonyl (C=O) groups excluding carboxylic acids is 2. The molecule has 1 aromatic heterocycles. The maximum atomic E-state index is 11.7. The van der Waals surface area contributed by atoms with E-state index in [-0.39, 0.29) is 19.2 Å². The molecule has 9 rings (SSSR count). The van der Waals surface area contributed by atoms with Gasteiger partial charge in [-0.3, -0.25) is 0 Å². The number of ether oxygens (including phenoxy) is 2. The van der Waals surface area contributed by atoms with Crippen molar-refractivity contribution in [3.05, 3.63) is 242 Å². The fraction of sp³-hybridized carbons (Fsp3) is 0.103. The molecule has 5 heteroatoms. The van der Waals surface area contributed by atoms with Gasteiger partial charge in [-0.15, -0.1) is 0 Å². The normalized spacial score (nSPS) is 11.4. The lowest BCUT2D eigenvalue weighted by molar-refractivity contribution is -0.141. The van der Waals surface area contributed by atoms with Gasteiger partial charge in [0.25, 0.3) is 0 Å². The van der Waals surface area contributed by atoms with E-state index < -0.39 is 5.97 Å². The van der Waals surface area contributed by atoms with Crippen LogP contribution in [0, 0.1) is 5.92 Å². The molecule has 0 fully saturated rings. The SMILES string of the molecule is C=C(C)C(=O)OCc1c2ccccc2cc2ccccc12.C=C(C)C(=O)OCc1ccco1.C=Cc1c2ccccc2cc2ccccc12.C=Cc1ccc(CC2C=CC=C2)cc1. The Morgan fingerprint density at radius 3 is 1.48 bits per heavy atom. The summed E-state index contributed by atoms with van der Waals surface area (Å²) in [6.45, 7) is 18.4. The summed E-state index contributed by atoms with van der Waals surface area (Å²) >= 11 is 0. The largest absolute Gasteiger partial charge is 0.466 e. The Hall–Kier alpha value is -7.76. The molecule has 0 amide bonds. The zero-order valence-electron chi connectivity index (χ0n) is 36.0. The first-order valence-corrected chi connectivity index (χ1v) is 20.8. The molecule has 0 saturated carbocycles. The smallest absolute Gasteiger partial charge is 0.333 e. The van der Waals surface area contributed by atoms with Crippen molar-refractivity contribution in [2.24, 2.45) is 5.92 Å². The molecule has 0 bridgehead atoms. The highest BCUT2D eigenvalue weighted by Gasteiger charge is 2.11. The van der Waals surface area contributed by atoms with Crippen LogP contribution in [0.25, 0.3) is 55.2 Å². The second-order valence-corrected chi connectivity index (χ2v) is 15.1. The summed E-state index contributed by atoms with van der Waals surface area (Å²) in [5, 5.41) is 9.63. The van der Waals surface area contributed by atoms with Crippen LogP contribution in [0.2, 0.25) is 0 Å². The first-order chi connectivity index (χ1) is 30.6. The Labute approximate surface area is 370 Å². The summed E-state index contributed by atoms with van der Waals surface area (Å²) in [5.74, 6) is 0.465. The molecule has 5 nitrogen and oxygen atoms in total. The van der Waals surface area contributed by atoms with Gasteiger partial charge in [0.1, 0.15) is 19.0 Å². The van der Waals surface area contributed by atoms with Gasteiger partial charge < -0.3 is 13.9 Å². The fourth-order valence-corrected chi connectivity index (χ4v) is 7.12. The fourth-order valence-electron chi connectivity index (χ4n) is 7.12. The minimum atomic E-state index is -0.397. The minimum Gasteiger partial charge on any atom is -0.466 e. The molecule has 0 spiro atoms. The molecule has 0 saturated heterocycles. The first-order valence-electron chi connectivity index (χ1n) is 20.8. The highest BCUT2D eigenvalue weighted by molar-refractivity contribution is 6.06. The van der Waals surface area contributed by atoms with Crippen LogP contribution in [-0.4, -0.2) is 11.9 Å². The van der Waals surface area contributed by atoms with E-state index in [1.54, 1.807) is 26.0 Å². The second kappa shape index (κ2) is 22.2. The van der Waals surface area contributed by atoms with Crippen molar-refractivity contribution in [1.29, 1.82) is 0 Å². The third-order valence-corrected chi connectivity index (χ3v) is 10.4. The summed E-state index contributed by atoms with van der Waals surface area (Å²) < 4.78 is 15.1. The van der Waals surface area contributed by atoms with Crippen LogP contribution in [-0.2, 0) is 38.7 Å². The van der Waals surface area contributed by atoms with E-state index in [4.69, 9.17) is 13.9 Å². The molecule has 0 N–H and O–H groups in total. The second-order valence-electron chi connectivity index (χ2n) is 15.1. The predicted octanol–water partition coefficient (Wildman–Crippen LogP) is 14.8. The molecule has 8 aromatic rings. The summed E-state index contributed by atoms with van der Waals surface area (Å²) in [4.78, 5) is 22.5. The Bertz CT molecular complexity index is 2830. The van der Waals surface area contributed by atoms with Crippen LogP contribution in [0.1, 0.15) is 41.9 Å². The lowest BCUT2D eigenvalue weighted by Gasteiger charge is -2.12. The van der Waals surface area contributed by atoms with E-state index in [0.29, 0.717) is 22.8 Å². The van der Waals surface area contributed by atoms with Gasteiger partial charge in [0.15, 0.2) is 0 Å². The molecular formula is C58H52O5. The molecule has 1 heterocycles. The topological polar surface area (TPSA) is 65.7 Å². The zero-order chi connectivity index (χ0) is 44.6. The molecule has 1 aliphatic carbocycles. The average Bonchev–Trinajstić information content (AvgIpc) is 4.05. The summed E-state index contributed by atoms with van der Waals surface area (Å²) in [6, 6.07) is 49.7. The van der Waals surface area contributed by atoms with Gasteiger partial charge in [0, 0.05) is 16.7 Å². The van der Waals surface area contributed by atoms with E-state index in [2.05, 4.69) is 160 Å².